The lowest BCUT2D eigenvalue weighted by molar-refractivity contribution is -0.120. The second-order valence-corrected chi connectivity index (χ2v) is 4.51. The Morgan fingerprint density at radius 2 is 2.16 bits per heavy atom. The third kappa shape index (κ3) is 3.69. The van der Waals surface area contributed by atoms with E-state index in [9.17, 15) is 4.79 Å². The maximum absolute atomic E-state index is 11.7. The molecule has 0 aliphatic carbocycles. The Morgan fingerprint density at radius 3 is 2.84 bits per heavy atom. The molecule has 0 atom stereocenters. The number of carbonyl (C=O) groups is 1. The average Bonchev–Trinajstić information content (AvgIpc) is 2.77. The number of carbonyl (C=O) groups excluding carboxylic acids is 1. The summed E-state index contributed by atoms with van der Waals surface area (Å²) in [6.07, 6.45) is 3.73. The number of aryl methyl sites for hydroxylation is 1. The zero-order chi connectivity index (χ0) is 13.7. The van der Waals surface area contributed by atoms with Gasteiger partial charge in [-0.2, -0.15) is 5.10 Å². The summed E-state index contributed by atoms with van der Waals surface area (Å²) in [5.41, 5.74) is 4.18. The van der Waals surface area contributed by atoms with Crippen LogP contribution in [0.25, 0.3) is 0 Å². The van der Waals surface area contributed by atoms with Gasteiger partial charge in [0.15, 0.2) is 0 Å². The molecule has 0 aliphatic heterocycles. The van der Waals surface area contributed by atoms with Crippen molar-refractivity contribution in [1.29, 1.82) is 0 Å². The van der Waals surface area contributed by atoms with Crippen molar-refractivity contribution in [1.82, 2.24) is 9.99 Å². The van der Waals surface area contributed by atoms with E-state index in [1.54, 1.807) is 6.07 Å². The van der Waals surface area contributed by atoms with E-state index in [4.69, 9.17) is 11.6 Å². The van der Waals surface area contributed by atoms with Crippen molar-refractivity contribution in [3.05, 3.63) is 58.9 Å². The van der Waals surface area contributed by atoms with E-state index in [-0.39, 0.29) is 5.91 Å². The Morgan fingerprint density at radius 1 is 1.37 bits per heavy atom. The van der Waals surface area contributed by atoms with Gasteiger partial charge in [-0.3, -0.25) is 4.79 Å². The van der Waals surface area contributed by atoms with Gasteiger partial charge < -0.3 is 4.57 Å². The number of halogens is 1. The zero-order valence-corrected chi connectivity index (χ0v) is 11.3. The monoisotopic (exact) mass is 275 g/mol. The van der Waals surface area contributed by atoms with Gasteiger partial charge in [-0.1, -0.05) is 29.8 Å². The van der Waals surface area contributed by atoms with Crippen molar-refractivity contribution in [3.8, 4) is 0 Å². The minimum absolute atomic E-state index is 0.162. The first-order valence-corrected chi connectivity index (χ1v) is 6.21. The highest BCUT2D eigenvalue weighted by Gasteiger charge is 2.04. The van der Waals surface area contributed by atoms with Gasteiger partial charge in [-0.15, -0.1) is 0 Å². The highest BCUT2D eigenvalue weighted by molar-refractivity contribution is 6.33. The molecule has 2 aromatic rings. The van der Waals surface area contributed by atoms with E-state index < -0.39 is 0 Å². The molecule has 0 fully saturated rings. The number of nitrogens with one attached hydrogen (secondary N) is 1. The molecule has 0 aliphatic rings. The van der Waals surface area contributed by atoms with Crippen LogP contribution in [0.2, 0.25) is 5.02 Å². The number of amides is 1. The molecule has 19 heavy (non-hydrogen) atoms. The van der Waals surface area contributed by atoms with Gasteiger partial charge in [0.2, 0.25) is 5.91 Å². The highest BCUT2D eigenvalue weighted by Crippen LogP contribution is 2.12. The lowest BCUT2D eigenvalue weighted by atomic mass is 10.2. The molecule has 0 unspecified atom stereocenters. The molecule has 5 heteroatoms. The van der Waals surface area contributed by atoms with Crippen molar-refractivity contribution in [2.45, 2.75) is 6.42 Å². The quantitative estimate of drug-likeness (QED) is 0.676. The number of rotatable bonds is 4. The summed E-state index contributed by atoms with van der Waals surface area (Å²) in [5.74, 6) is -0.162. The summed E-state index contributed by atoms with van der Waals surface area (Å²) in [6.45, 7) is 0. The van der Waals surface area contributed by atoms with Crippen molar-refractivity contribution < 1.29 is 4.79 Å². The molecular formula is C14H14ClN3O. The Bertz CT molecular complexity index is 604. The fourth-order valence-electron chi connectivity index (χ4n) is 1.64. The molecular weight excluding hydrogens is 262 g/mol. The van der Waals surface area contributed by atoms with Crippen molar-refractivity contribution >= 4 is 23.7 Å². The molecule has 0 bridgehead atoms. The number of benzene rings is 1. The normalized spacial score (nSPS) is 10.8. The molecule has 1 aromatic carbocycles. The Balaban J connectivity index is 1.91. The largest absolute Gasteiger partial charge is 0.354 e. The molecule has 1 N–H and O–H groups in total. The van der Waals surface area contributed by atoms with Crippen LogP contribution < -0.4 is 5.43 Å². The second kappa shape index (κ2) is 6.20. The molecule has 4 nitrogen and oxygen atoms in total. The second-order valence-electron chi connectivity index (χ2n) is 4.10. The smallest absolute Gasteiger partial charge is 0.245 e. The zero-order valence-electron chi connectivity index (χ0n) is 10.5. The summed E-state index contributed by atoms with van der Waals surface area (Å²) in [4.78, 5) is 11.7. The molecule has 0 radical (unpaired) electrons. The summed E-state index contributed by atoms with van der Waals surface area (Å²) >= 11 is 5.97. The van der Waals surface area contributed by atoms with Crippen LogP contribution in [0.15, 0.2) is 47.7 Å². The summed E-state index contributed by atoms with van der Waals surface area (Å²) in [6, 6.07) is 11.1. The Labute approximate surface area is 116 Å². The van der Waals surface area contributed by atoms with E-state index in [1.165, 1.54) is 6.21 Å². The fraction of sp³-hybridized carbons (Fsp3) is 0.143. The van der Waals surface area contributed by atoms with Gasteiger partial charge in [0, 0.05) is 29.5 Å². The number of hydrogen-bond acceptors (Lipinski definition) is 2. The Hall–Kier alpha value is -2.07. The lowest BCUT2D eigenvalue weighted by Crippen LogP contribution is -2.20. The van der Waals surface area contributed by atoms with Crippen molar-refractivity contribution in [3.63, 3.8) is 0 Å². The minimum atomic E-state index is -0.162. The van der Waals surface area contributed by atoms with Gasteiger partial charge >= 0.3 is 0 Å². The average molecular weight is 276 g/mol. The third-order valence-electron chi connectivity index (χ3n) is 2.69. The van der Waals surface area contributed by atoms with Gasteiger partial charge in [-0.25, -0.2) is 5.43 Å². The van der Waals surface area contributed by atoms with Gasteiger partial charge in [-0.05, 0) is 18.2 Å². The summed E-state index contributed by atoms with van der Waals surface area (Å²) in [7, 11) is 1.90. The first-order chi connectivity index (χ1) is 9.16. The fourth-order valence-corrected chi connectivity index (χ4v) is 1.82. The van der Waals surface area contributed by atoms with Gasteiger partial charge in [0.25, 0.3) is 0 Å². The van der Waals surface area contributed by atoms with Gasteiger partial charge in [0.1, 0.15) is 0 Å². The van der Waals surface area contributed by atoms with Crippen molar-refractivity contribution in [2.75, 3.05) is 0 Å². The van der Waals surface area contributed by atoms with E-state index in [1.807, 2.05) is 48.1 Å². The van der Waals surface area contributed by atoms with Crippen LogP contribution in [0.4, 0.5) is 0 Å². The van der Waals surface area contributed by atoms with Crippen LogP contribution in [0.5, 0.6) is 0 Å². The molecule has 0 saturated heterocycles. The molecule has 1 heterocycles. The van der Waals surface area contributed by atoms with Gasteiger partial charge in [0.05, 0.1) is 12.6 Å². The predicted octanol–water partition coefficient (Wildman–Crippen LogP) is 2.37. The summed E-state index contributed by atoms with van der Waals surface area (Å²) in [5, 5.41) is 4.49. The third-order valence-corrected chi connectivity index (χ3v) is 3.04. The first kappa shape index (κ1) is 13.4. The lowest BCUT2D eigenvalue weighted by Gasteiger charge is -2.02. The highest BCUT2D eigenvalue weighted by atomic mass is 35.5. The Kier molecular flexibility index (Phi) is 4.36. The number of hydrogen-bond donors (Lipinski definition) is 1. The SMILES string of the molecule is Cn1cccc1CC(=O)NN=Cc1ccccc1Cl. The molecule has 0 spiro atoms. The van der Waals surface area contributed by atoms with Crippen LogP contribution in [0, 0.1) is 0 Å². The standard InChI is InChI=1S/C14H14ClN3O/c1-18-8-4-6-12(18)9-14(19)17-16-10-11-5-2-3-7-13(11)15/h2-8,10H,9H2,1H3,(H,17,19). The summed E-state index contributed by atoms with van der Waals surface area (Å²) < 4.78 is 1.90. The van der Waals surface area contributed by atoms with E-state index in [2.05, 4.69) is 10.5 Å². The molecule has 0 saturated carbocycles. The first-order valence-electron chi connectivity index (χ1n) is 5.83. The maximum atomic E-state index is 11.7. The number of hydrazone groups is 1. The number of aromatic nitrogens is 1. The molecule has 2 rings (SSSR count). The van der Waals surface area contributed by atoms with E-state index in [0.717, 1.165) is 11.3 Å². The van der Waals surface area contributed by atoms with Crippen molar-refractivity contribution in [2.24, 2.45) is 12.1 Å². The topological polar surface area (TPSA) is 46.4 Å². The van der Waals surface area contributed by atoms with E-state index >= 15 is 0 Å². The van der Waals surface area contributed by atoms with Crippen LogP contribution >= 0.6 is 11.6 Å². The van der Waals surface area contributed by atoms with Crippen LogP contribution in [-0.2, 0) is 18.3 Å². The molecule has 98 valence electrons. The minimum Gasteiger partial charge on any atom is -0.354 e. The van der Waals surface area contributed by atoms with Crippen LogP contribution in [0.1, 0.15) is 11.3 Å². The predicted molar refractivity (Wildman–Crippen MR) is 76.3 cm³/mol. The van der Waals surface area contributed by atoms with Crippen LogP contribution in [0.3, 0.4) is 0 Å². The maximum Gasteiger partial charge on any atom is 0.245 e. The van der Waals surface area contributed by atoms with E-state index in [0.29, 0.717) is 11.4 Å². The molecule has 1 aromatic heterocycles. The van der Waals surface area contributed by atoms with Crippen LogP contribution in [-0.4, -0.2) is 16.7 Å². The molecule has 1 amide bonds. The number of nitrogens with zero attached hydrogens (tertiary/aromatic N) is 2.